The predicted molar refractivity (Wildman–Crippen MR) is 51.3 cm³/mol. The molecule has 2 nitrogen and oxygen atoms in total. The largest absolute Gasteiger partial charge is 0.373 e. The van der Waals surface area contributed by atoms with Crippen molar-refractivity contribution in [2.24, 2.45) is 5.92 Å². The van der Waals surface area contributed by atoms with Gasteiger partial charge in [-0.3, -0.25) is 4.90 Å². The summed E-state index contributed by atoms with van der Waals surface area (Å²) < 4.78 is 5.66. The molecule has 1 unspecified atom stereocenters. The zero-order chi connectivity index (χ0) is 9.14. The smallest absolute Gasteiger partial charge is 0.0678 e. The van der Waals surface area contributed by atoms with E-state index >= 15 is 0 Å². The zero-order valence-electron chi connectivity index (χ0n) is 8.71. The van der Waals surface area contributed by atoms with Gasteiger partial charge in [0.1, 0.15) is 0 Å². The Hall–Kier alpha value is -0.0800. The van der Waals surface area contributed by atoms with Crippen molar-refractivity contribution in [1.29, 1.82) is 0 Å². The molecule has 0 aromatic rings. The maximum Gasteiger partial charge on any atom is 0.0678 e. The van der Waals surface area contributed by atoms with Gasteiger partial charge in [0, 0.05) is 19.6 Å². The number of nitrogens with zero attached hydrogens (tertiary/aromatic N) is 1. The van der Waals surface area contributed by atoms with Crippen molar-refractivity contribution in [2.75, 3.05) is 19.6 Å². The molecule has 72 valence electrons. The standard InChI is InChI=1S/C10H21NO/c1-8(2)5-11-6-9(3)12-10(4)7-11/h8-10H,5-7H2,1-4H3/t9-,10?/m0/s1. The van der Waals surface area contributed by atoms with Crippen molar-refractivity contribution < 1.29 is 4.74 Å². The molecule has 0 bridgehead atoms. The maximum atomic E-state index is 5.66. The summed E-state index contributed by atoms with van der Waals surface area (Å²) in [5.41, 5.74) is 0. The summed E-state index contributed by atoms with van der Waals surface area (Å²) in [7, 11) is 0. The van der Waals surface area contributed by atoms with Crippen LogP contribution in [-0.4, -0.2) is 36.7 Å². The van der Waals surface area contributed by atoms with Crippen LogP contribution in [0.15, 0.2) is 0 Å². The molecule has 0 spiro atoms. The van der Waals surface area contributed by atoms with Gasteiger partial charge in [0.2, 0.25) is 0 Å². The normalized spacial score (nSPS) is 32.8. The van der Waals surface area contributed by atoms with Gasteiger partial charge >= 0.3 is 0 Å². The van der Waals surface area contributed by atoms with Gasteiger partial charge in [-0.15, -0.1) is 0 Å². The first kappa shape index (κ1) is 10.0. The van der Waals surface area contributed by atoms with Crippen molar-refractivity contribution in [3.8, 4) is 0 Å². The first-order valence-electron chi connectivity index (χ1n) is 4.95. The number of morpholine rings is 1. The zero-order valence-corrected chi connectivity index (χ0v) is 8.71. The second-order valence-electron chi connectivity index (χ2n) is 4.37. The van der Waals surface area contributed by atoms with Crippen LogP contribution in [0.5, 0.6) is 0 Å². The highest BCUT2D eigenvalue weighted by atomic mass is 16.5. The molecule has 1 heterocycles. The molecular weight excluding hydrogens is 150 g/mol. The first-order chi connectivity index (χ1) is 5.58. The van der Waals surface area contributed by atoms with E-state index in [1.54, 1.807) is 0 Å². The lowest BCUT2D eigenvalue weighted by Gasteiger charge is -2.36. The van der Waals surface area contributed by atoms with Crippen LogP contribution in [0.3, 0.4) is 0 Å². The predicted octanol–water partition coefficient (Wildman–Crippen LogP) is 1.75. The lowest BCUT2D eigenvalue weighted by molar-refractivity contribution is -0.0704. The second-order valence-corrected chi connectivity index (χ2v) is 4.37. The fourth-order valence-corrected chi connectivity index (χ4v) is 1.95. The van der Waals surface area contributed by atoms with Crippen LogP contribution in [0.2, 0.25) is 0 Å². The van der Waals surface area contributed by atoms with Gasteiger partial charge in [0.25, 0.3) is 0 Å². The number of hydrogen-bond acceptors (Lipinski definition) is 2. The van der Waals surface area contributed by atoms with Crippen LogP contribution in [0.1, 0.15) is 27.7 Å². The SMILES string of the molecule is CC(C)CN1CC(C)O[C@@H](C)C1. The second kappa shape index (κ2) is 4.24. The minimum atomic E-state index is 0.410. The summed E-state index contributed by atoms with van der Waals surface area (Å²) in [5, 5.41) is 0. The topological polar surface area (TPSA) is 12.5 Å². The minimum Gasteiger partial charge on any atom is -0.373 e. The molecule has 0 aliphatic carbocycles. The molecule has 2 heteroatoms. The highest BCUT2D eigenvalue weighted by Gasteiger charge is 2.21. The lowest BCUT2D eigenvalue weighted by atomic mass is 10.1. The van der Waals surface area contributed by atoms with E-state index in [2.05, 4.69) is 32.6 Å². The van der Waals surface area contributed by atoms with E-state index in [1.165, 1.54) is 6.54 Å². The van der Waals surface area contributed by atoms with Crippen molar-refractivity contribution >= 4 is 0 Å². The van der Waals surface area contributed by atoms with E-state index in [-0.39, 0.29) is 0 Å². The van der Waals surface area contributed by atoms with Gasteiger partial charge in [0.15, 0.2) is 0 Å². The first-order valence-corrected chi connectivity index (χ1v) is 4.95. The number of ether oxygens (including phenoxy) is 1. The van der Waals surface area contributed by atoms with E-state index in [0.29, 0.717) is 12.2 Å². The third kappa shape index (κ3) is 3.11. The van der Waals surface area contributed by atoms with Crippen LogP contribution >= 0.6 is 0 Å². The summed E-state index contributed by atoms with van der Waals surface area (Å²) in [6, 6.07) is 0. The van der Waals surface area contributed by atoms with Crippen molar-refractivity contribution in [1.82, 2.24) is 4.90 Å². The fourth-order valence-electron chi connectivity index (χ4n) is 1.95. The van der Waals surface area contributed by atoms with Crippen LogP contribution < -0.4 is 0 Å². The van der Waals surface area contributed by atoms with E-state index < -0.39 is 0 Å². The summed E-state index contributed by atoms with van der Waals surface area (Å²) >= 11 is 0. The molecule has 0 saturated carbocycles. The van der Waals surface area contributed by atoms with Crippen molar-refractivity contribution in [3.63, 3.8) is 0 Å². The van der Waals surface area contributed by atoms with E-state index in [1.807, 2.05) is 0 Å². The Morgan fingerprint density at radius 2 is 1.75 bits per heavy atom. The quantitative estimate of drug-likeness (QED) is 0.627. The Bertz CT molecular complexity index is 123. The molecule has 1 rings (SSSR count). The average Bonchev–Trinajstić information content (AvgIpc) is 1.81. The Morgan fingerprint density at radius 3 is 2.17 bits per heavy atom. The minimum absolute atomic E-state index is 0.410. The van der Waals surface area contributed by atoms with E-state index in [4.69, 9.17) is 4.74 Å². The van der Waals surface area contributed by atoms with Crippen LogP contribution in [0.25, 0.3) is 0 Å². The molecule has 0 amide bonds. The Morgan fingerprint density at radius 1 is 1.25 bits per heavy atom. The lowest BCUT2D eigenvalue weighted by Crippen LogP contribution is -2.46. The van der Waals surface area contributed by atoms with E-state index in [0.717, 1.165) is 19.0 Å². The molecule has 1 fully saturated rings. The molecule has 0 aromatic carbocycles. The van der Waals surface area contributed by atoms with Gasteiger partial charge in [-0.1, -0.05) is 13.8 Å². The molecule has 0 aromatic heterocycles. The van der Waals surface area contributed by atoms with Crippen molar-refractivity contribution in [3.05, 3.63) is 0 Å². The highest BCUT2D eigenvalue weighted by molar-refractivity contribution is 4.73. The van der Waals surface area contributed by atoms with Crippen LogP contribution in [-0.2, 0) is 4.74 Å². The molecule has 1 aliphatic heterocycles. The monoisotopic (exact) mass is 171 g/mol. The van der Waals surface area contributed by atoms with Gasteiger partial charge in [-0.05, 0) is 19.8 Å². The summed E-state index contributed by atoms with van der Waals surface area (Å²) in [5.74, 6) is 0.766. The van der Waals surface area contributed by atoms with Crippen LogP contribution in [0, 0.1) is 5.92 Å². The molecule has 0 N–H and O–H groups in total. The third-order valence-corrected chi connectivity index (χ3v) is 2.12. The van der Waals surface area contributed by atoms with Crippen molar-refractivity contribution in [2.45, 2.75) is 39.9 Å². The van der Waals surface area contributed by atoms with Gasteiger partial charge in [-0.2, -0.15) is 0 Å². The third-order valence-electron chi connectivity index (χ3n) is 2.12. The van der Waals surface area contributed by atoms with E-state index in [9.17, 15) is 0 Å². The fraction of sp³-hybridized carbons (Fsp3) is 1.00. The summed E-state index contributed by atoms with van der Waals surface area (Å²) in [4.78, 5) is 2.50. The molecule has 0 radical (unpaired) electrons. The Balaban J connectivity index is 2.34. The van der Waals surface area contributed by atoms with Gasteiger partial charge in [0.05, 0.1) is 12.2 Å². The van der Waals surface area contributed by atoms with Crippen LogP contribution in [0.4, 0.5) is 0 Å². The molecule has 2 atom stereocenters. The Kier molecular flexibility index (Phi) is 3.53. The van der Waals surface area contributed by atoms with Gasteiger partial charge < -0.3 is 4.74 Å². The molecule has 12 heavy (non-hydrogen) atoms. The Labute approximate surface area is 75.9 Å². The number of rotatable bonds is 2. The summed E-state index contributed by atoms with van der Waals surface area (Å²) in [6.07, 6.45) is 0.819. The number of hydrogen-bond donors (Lipinski definition) is 0. The van der Waals surface area contributed by atoms with Gasteiger partial charge in [-0.25, -0.2) is 0 Å². The highest BCUT2D eigenvalue weighted by Crippen LogP contribution is 2.11. The molecule has 1 saturated heterocycles. The molecule has 1 aliphatic rings. The molecular formula is C10H21NO. The average molecular weight is 171 g/mol. The summed E-state index contributed by atoms with van der Waals surface area (Å²) in [6.45, 7) is 12.3. The maximum absolute atomic E-state index is 5.66.